The summed E-state index contributed by atoms with van der Waals surface area (Å²) < 4.78 is 17.9. The smallest absolute Gasteiger partial charge is 0.347 e. The van der Waals surface area contributed by atoms with E-state index in [2.05, 4.69) is 13.8 Å². The van der Waals surface area contributed by atoms with Gasteiger partial charge in [0.2, 0.25) is 0 Å². The first kappa shape index (κ1) is 21.7. The second-order valence-corrected chi connectivity index (χ2v) is 7.36. The Bertz CT molecular complexity index is 993. The van der Waals surface area contributed by atoms with Crippen LogP contribution in [0.5, 0.6) is 17.2 Å². The minimum atomic E-state index is -0.443. The third kappa shape index (κ3) is 5.12. The predicted molar refractivity (Wildman–Crippen MR) is 121 cm³/mol. The molecule has 4 heteroatoms. The lowest BCUT2D eigenvalue weighted by Crippen LogP contribution is -2.13. The van der Waals surface area contributed by atoms with E-state index in [0.29, 0.717) is 36.0 Å². The normalized spacial score (nSPS) is 10.8. The molecule has 0 aliphatic carbocycles. The second-order valence-electron chi connectivity index (χ2n) is 7.36. The summed E-state index contributed by atoms with van der Waals surface area (Å²) in [4.78, 5) is 13.2. The van der Waals surface area contributed by atoms with Gasteiger partial charge in [-0.1, -0.05) is 69.2 Å². The molecule has 0 bridgehead atoms. The first-order valence-corrected chi connectivity index (χ1v) is 10.7. The summed E-state index contributed by atoms with van der Waals surface area (Å²) in [6, 6.07) is 17.1. The number of carbonyl (C=O) groups excluding carboxylic acids is 1. The number of carbonyl (C=O) groups is 1. The van der Waals surface area contributed by atoms with Crippen molar-refractivity contribution in [1.82, 2.24) is 0 Å². The Morgan fingerprint density at radius 1 is 0.800 bits per heavy atom. The van der Waals surface area contributed by atoms with Gasteiger partial charge in [-0.25, -0.2) is 4.79 Å². The predicted octanol–water partition coefficient (Wildman–Crippen LogP) is 6.73. The molecule has 0 aliphatic rings. The molecular weight excluding hydrogens is 376 g/mol. The van der Waals surface area contributed by atoms with Crippen LogP contribution >= 0.6 is 0 Å². The summed E-state index contributed by atoms with van der Waals surface area (Å²) in [7, 11) is 0. The van der Waals surface area contributed by atoms with Crippen LogP contribution in [-0.4, -0.2) is 19.2 Å². The van der Waals surface area contributed by atoms with E-state index in [9.17, 15) is 4.79 Å². The Balaban J connectivity index is 2.05. The fraction of sp³-hybridized carbons (Fsp3) is 0.346. The number of unbranched alkanes of at least 4 members (excludes halogenated alkanes) is 2. The van der Waals surface area contributed by atoms with Crippen molar-refractivity contribution in [3.8, 4) is 17.2 Å². The van der Waals surface area contributed by atoms with Gasteiger partial charge in [0, 0.05) is 10.8 Å². The number of ether oxygens (including phenoxy) is 3. The van der Waals surface area contributed by atoms with Crippen molar-refractivity contribution in [3.05, 3.63) is 65.7 Å². The molecule has 158 valence electrons. The number of fused-ring (bicyclic) bond motifs is 1. The Morgan fingerprint density at radius 2 is 1.43 bits per heavy atom. The largest absolute Gasteiger partial charge is 0.493 e. The number of hydrogen-bond donors (Lipinski definition) is 0. The van der Waals surface area contributed by atoms with Crippen molar-refractivity contribution in [3.63, 3.8) is 0 Å². The van der Waals surface area contributed by atoms with Gasteiger partial charge >= 0.3 is 5.97 Å². The summed E-state index contributed by atoms with van der Waals surface area (Å²) in [6.07, 6.45) is 3.92. The van der Waals surface area contributed by atoms with Gasteiger partial charge in [0.05, 0.1) is 13.2 Å². The Hall–Kier alpha value is -3.01. The lowest BCUT2D eigenvalue weighted by Gasteiger charge is -2.17. The number of hydrogen-bond acceptors (Lipinski definition) is 4. The highest BCUT2D eigenvalue weighted by Crippen LogP contribution is 2.38. The molecule has 0 saturated carbocycles. The van der Waals surface area contributed by atoms with Gasteiger partial charge in [0.1, 0.15) is 22.8 Å². The molecule has 0 unspecified atom stereocenters. The van der Waals surface area contributed by atoms with E-state index < -0.39 is 5.97 Å². The van der Waals surface area contributed by atoms with Gasteiger partial charge in [-0.3, -0.25) is 0 Å². The minimum Gasteiger partial charge on any atom is -0.493 e. The quantitative estimate of drug-likeness (QED) is 0.213. The molecule has 0 aromatic heterocycles. The zero-order chi connectivity index (χ0) is 21.3. The number of aryl methyl sites for hydroxylation is 1. The van der Waals surface area contributed by atoms with Crippen molar-refractivity contribution >= 4 is 16.7 Å². The maximum Gasteiger partial charge on any atom is 0.347 e. The molecular formula is C26H30O4. The van der Waals surface area contributed by atoms with Crippen LogP contribution in [0.2, 0.25) is 0 Å². The third-order valence-corrected chi connectivity index (χ3v) is 4.97. The first-order chi connectivity index (χ1) is 14.7. The third-order valence-electron chi connectivity index (χ3n) is 4.97. The highest BCUT2D eigenvalue weighted by atomic mass is 16.5. The molecule has 0 spiro atoms. The maximum atomic E-state index is 13.2. The lowest BCUT2D eigenvalue weighted by atomic mass is 10.0. The van der Waals surface area contributed by atoms with Crippen molar-refractivity contribution in [2.45, 2.75) is 46.5 Å². The molecule has 0 aliphatic heterocycles. The molecule has 30 heavy (non-hydrogen) atoms. The molecule has 3 rings (SSSR count). The SMILES string of the molecule is CCCCOc1cc(C(=O)Oc2ccccc2C)c(OCCCC)c2ccccc12. The summed E-state index contributed by atoms with van der Waals surface area (Å²) in [5, 5.41) is 1.80. The highest BCUT2D eigenvalue weighted by molar-refractivity contribution is 6.04. The molecule has 0 saturated heterocycles. The Labute approximate surface area is 178 Å². The number of esters is 1. The van der Waals surface area contributed by atoms with Crippen LogP contribution in [0.25, 0.3) is 10.8 Å². The van der Waals surface area contributed by atoms with Gasteiger partial charge < -0.3 is 14.2 Å². The van der Waals surface area contributed by atoms with Crippen LogP contribution in [0, 0.1) is 6.92 Å². The van der Waals surface area contributed by atoms with Gasteiger partial charge in [0.25, 0.3) is 0 Å². The zero-order valence-corrected chi connectivity index (χ0v) is 18.1. The van der Waals surface area contributed by atoms with Gasteiger partial charge in [-0.15, -0.1) is 0 Å². The Morgan fingerprint density at radius 3 is 2.13 bits per heavy atom. The van der Waals surface area contributed by atoms with Crippen LogP contribution in [-0.2, 0) is 0 Å². The molecule has 0 amide bonds. The maximum absolute atomic E-state index is 13.2. The monoisotopic (exact) mass is 406 g/mol. The van der Waals surface area contributed by atoms with E-state index in [0.717, 1.165) is 42.0 Å². The van der Waals surface area contributed by atoms with E-state index in [1.165, 1.54) is 0 Å². The number of benzene rings is 3. The highest BCUT2D eigenvalue weighted by Gasteiger charge is 2.22. The van der Waals surface area contributed by atoms with Gasteiger partial charge in [0.15, 0.2) is 0 Å². The van der Waals surface area contributed by atoms with Crippen molar-refractivity contribution < 1.29 is 19.0 Å². The minimum absolute atomic E-state index is 0.388. The van der Waals surface area contributed by atoms with Crippen molar-refractivity contribution in [2.24, 2.45) is 0 Å². The van der Waals surface area contributed by atoms with E-state index in [4.69, 9.17) is 14.2 Å². The molecule has 0 atom stereocenters. The summed E-state index contributed by atoms with van der Waals surface area (Å²) >= 11 is 0. The average molecular weight is 407 g/mol. The Kier molecular flexibility index (Phi) is 7.72. The van der Waals surface area contributed by atoms with E-state index in [1.807, 2.05) is 49.4 Å². The van der Waals surface area contributed by atoms with Crippen LogP contribution in [0.3, 0.4) is 0 Å². The van der Waals surface area contributed by atoms with Gasteiger partial charge in [-0.2, -0.15) is 0 Å². The molecule has 3 aromatic rings. The average Bonchev–Trinajstić information content (AvgIpc) is 2.76. The van der Waals surface area contributed by atoms with Crippen LogP contribution in [0.4, 0.5) is 0 Å². The molecule has 0 radical (unpaired) electrons. The van der Waals surface area contributed by atoms with E-state index >= 15 is 0 Å². The number of para-hydroxylation sites is 1. The van der Waals surface area contributed by atoms with Crippen LogP contribution in [0.1, 0.15) is 55.5 Å². The molecule has 3 aromatic carbocycles. The number of rotatable bonds is 10. The fourth-order valence-electron chi connectivity index (χ4n) is 3.21. The summed E-state index contributed by atoms with van der Waals surface area (Å²) in [6.45, 7) is 7.29. The van der Waals surface area contributed by atoms with Crippen LogP contribution < -0.4 is 14.2 Å². The van der Waals surface area contributed by atoms with E-state index in [-0.39, 0.29) is 0 Å². The van der Waals surface area contributed by atoms with Gasteiger partial charge in [-0.05, 0) is 37.5 Å². The topological polar surface area (TPSA) is 44.8 Å². The van der Waals surface area contributed by atoms with E-state index in [1.54, 1.807) is 12.1 Å². The van der Waals surface area contributed by atoms with Crippen LogP contribution in [0.15, 0.2) is 54.6 Å². The van der Waals surface area contributed by atoms with Crippen molar-refractivity contribution in [1.29, 1.82) is 0 Å². The summed E-state index contributed by atoms with van der Waals surface area (Å²) in [5.74, 6) is 1.34. The zero-order valence-electron chi connectivity index (χ0n) is 18.1. The molecule has 0 N–H and O–H groups in total. The molecule has 0 fully saturated rings. The lowest BCUT2D eigenvalue weighted by molar-refractivity contribution is 0.0728. The molecule has 4 nitrogen and oxygen atoms in total. The fourth-order valence-corrected chi connectivity index (χ4v) is 3.21. The molecule has 0 heterocycles. The summed E-state index contributed by atoms with van der Waals surface area (Å²) in [5.41, 5.74) is 1.29. The standard InChI is InChI=1S/C26H30O4/c1-4-6-16-28-24-18-22(26(27)30-23-15-11-8-12-19(23)3)25(29-17-7-5-2)21-14-10-9-13-20(21)24/h8-15,18H,4-7,16-17H2,1-3H3. The second kappa shape index (κ2) is 10.7. The first-order valence-electron chi connectivity index (χ1n) is 10.7. The van der Waals surface area contributed by atoms with Crippen molar-refractivity contribution in [2.75, 3.05) is 13.2 Å².